The maximum Gasteiger partial charge on any atom is 0.472 e. The Morgan fingerprint density at radius 2 is 0.921 bits per heavy atom. The molecule has 0 spiro atoms. The predicted molar refractivity (Wildman–Crippen MR) is 270 cm³/mol. The fourth-order valence-electron chi connectivity index (χ4n) is 7.07. The number of quaternary nitrogens is 1. The lowest BCUT2D eigenvalue weighted by Gasteiger charge is -2.24. The number of esters is 1. The summed E-state index contributed by atoms with van der Waals surface area (Å²) >= 11 is 0. The van der Waals surface area contributed by atoms with E-state index in [4.69, 9.17) is 18.5 Å². The summed E-state index contributed by atoms with van der Waals surface area (Å²) in [6.45, 7) is 5.49. The number of rotatable bonds is 48. The molecule has 0 aliphatic rings. The minimum atomic E-state index is -4.29. The van der Waals surface area contributed by atoms with Crippen LogP contribution in [0.15, 0.2) is 60.8 Å². The van der Waals surface area contributed by atoms with E-state index in [-0.39, 0.29) is 25.8 Å². The molecule has 0 aromatic heterocycles. The molecule has 2 unspecified atom stereocenters. The molecule has 0 aromatic carbocycles. The van der Waals surface area contributed by atoms with E-state index in [0.29, 0.717) is 24.1 Å². The number of hydrogen-bond acceptors (Lipinski definition) is 6. The molecule has 0 saturated carbocycles. The molecule has 0 fully saturated rings. The average molecular weight is 907 g/mol. The van der Waals surface area contributed by atoms with Crippen molar-refractivity contribution < 1.29 is 37.3 Å². The van der Waals surface area contributed by atoms with Crippen LogP contribution in [0.25, 0.3) is 0 Å². The van der Waals surface area contributed by atoms with Crippen molar-refractivity contribution in [2.24, 2.45) is 0 Å². The van der Waals surface area contributed by atoms with Gasteiger partial charge in [0.15, 0.2) is 0 Å². The third kappa shape index (κ3) is 51.1. The number of unbranched alkanes of at least 4 members (excludes halogenated alkanes) is 24. The highest BCUT2D eigenvalue weighted by Gasteiger charge is 2.26. The molecule has 0 bridgehead atoms. The van der Waals surface area contributed by atoms with E-state index in [1.165, 1.54) is 122 Å². The Labute approximate surface area is 390 Å². The molecule has 8 nitrogen and oxygen atoms in total. The van der Waals surface area contributed by atoms with Crippen LogP contribution in [-0.4, -0.2) is 75.6 Å². The number of carbonyl (C=O) groups excluding carboxylic acids is 1. The number of nitrogens with zero attached hydrogens (tertiary/aromatic N) is 1. The Morgan fingerprint density at radius 3 is 1.38 bits per heavy atom. The number of ether oxygens (including phenoxy) is 2. The Kier molecular flexibility index (Phi) is 45.4. The molecule has 0 aliphatic carbocycles. The van der Waals surface area contributed by atoms with Gasteiger partial charge in [-0.2, -0.15) is 0 Å². The van der Waals surface area contributed by atoms with Gasteiger partial charge in [0.1, 0.15) is 19.3 Å². The number of hydrogen-bond donors (Lipinski definition) is 1. The van der Waals surface area contributed by atoms with Crippen LogP contribution in [0.3, 0.4) is 0 Å². The quantitative estimate of drug-likeness (QED) is 0.0214. The van der Waals surface area contributed by atoms with Gasteiger partial charge in [-0.15, -0.1) is 0 Å². The Bertz CT molecular complexity index is 1190. The monoisotopic (exact) mass is 907 g/mol. The number of likely N-dealkylation sites (N-methyl/N-ethyl adjacent to an activating group) is 1. The Hall–Kier alpha value is -1.80. The molecule has 0 radical (unpaired) electrons. The van der Waals surface area contributed by atoms with Gasteiger partial charge in [0.05, 0.1) is 34.4 Å². The van der Waals surface area contributed by atoms with E-state index in [0.717, 1.165) is 77.0 Å². The second kappa shape index (κ2) is 46.7. The van der Waals surface area contributed by atoms with Crippen LogP contribution < -0.4 is 0 Å². The third-order valence-corrected chi connectivity index (χ3v) is 12.0. The van der Waals surface area contributed by atoms with Crippen molar-refractivity contribution >= 4 is 13.8 Å². The minimum Gasteiger partial charge on any atom is -0.457 e. The van der Waals surface area contributed by atoms with E-state index >= 15 is 0 Å². The summed E-state index contributed by atoms with van der Waals surface area (Å²) in [5, 5.41) is 0. The molecular formula is C54H101NO7P+. The van der Waals surface area contributed by atoms with Crippen LogP contribution in [-0.2, 0) is 27.9 Å². The molecular weight excluding hydrogens is 806 g/mol. The van der Waals surface area contributed by atoms with Gasteiger partial charge >= 0.3 is 13.8 Å². The smallest absolute Gasteiger partial charge is 0.457 e. The van der Waals surface area contributed by atoms with E-state index < -0.39 is 13.9 Å². The van der Waals surface area contributed by atoms with Gasteiger partial charge in [-0.1, -0.05) is 197 Å². The van der Waals surface area contributed by atoms with Crippen LogP contribution in [0.2, 0.25) is 0 Å². The standard InChI is InChI=1S/C54H100NO7P/c1-6-8-10-12-14-16-18-20-22-23-24-25-26-27-28-29-30-31-32-34-36-38-40-42-44-46-49-59-51-53(52-61-63(57,58)60-50-48-55(3,4)5)62-54(56)47-45-43-41-39-37-35-33-21-19-17-15-13-11-9-7-2/h9,11,15,17-18,20-21,23-24,33,53H,6-8,10,12-14,16,19,22,25-32,34-52H2,1-5H3/p+1/b11-9-,17-15-,20-18-,24-23-,33-21-. The summed E-state index contributed by atoms with van der Waals surface area (Å²) in [7, 11) is 1.65. The first-order chi connectivity index (χ1) is 30.6. The van der Waals surface area contributed by atoms with E-state index in [1.54, 1.807) is 0 Å². The first-order valence-corrected chi connectivity index (χ1v) is 27.5. The van der Waals surface area contributed by atoms with Crippen molar-refractivity contribution in [1.82, 2.24) is 0 Å². The zero-order valence-corrected chi connectivity index (χ0v) is 42.7. The van der Waals surface area contributed by atoms with Gasteiger partial charge in [0.25, 0.3) is 0 Å². The van der Waals surface area contributed by atoms with Crippen LogP contribution in [0.5, 0.6) is 0 Å². The fourth-order valence-corrected chi connectivity index (χ4v) is 7.81. The molecule has 0 amide bonds. The highest BCUT2D eigenvalue weighted by Crippen LogP contribution is 2.43. The van der Waals surface area contributed by atoms with Gasteiger partial charge in [-0.05, 0) is 77.0 Å². The average Bonchev–Trinajstić information content (AvgIpc) is 3.24. The lowest BCUT2D eigenvalue weighted by atomic mass is 10.0. The van der Waals surface area contributed by atoms with Gasteiger partial charge in [0, 0.05) is 13.0 Å². The maximum atomic E-state index is 12.7. The number of phosphoric acid groups is 1. The minimum absolute atomic E-state index is 0.0832. The second-order valence-corrected chi connectivity index (χ2v) is 20.0. The van der Waals surface area contributed by atoms with E-state index in [1.807, 2.05) is 21.1 Å². The summed E-state index contributed by atoms with van der Waals surface area (Å²) < 4.78 is 35.1. The van der Waals surface area contributed by atoms with Crippen molar-refractivity contribution in [2.75, 3.05) is 54.1 Å². The molecule has 0 saturated heterocycles. The van der Waals surface area contributed by atoms with Crippen molar-refractivity contribution in [3.05, 3.63) is 60.8 Å². The number of phosphoric ester groups is 1. The predicted octanol–water partition coefficient (Wildman–Crippen LogP) is 16.1. The highest BCUT2D eigenvalue weighted by atomic mass is 31.2. The molecule has 63 heavy (non-hydrogen) atoms. The largest absolute Gasteiger partial charge is 0.472 e. The lowest BCUT2D eigenvalue weighted by Crippen LogP contribution is -2.37. The highest BCUT2D eigenvalue weighted by molar-refractivity contribution is 7.47. The van der Waals surface area contributed by atoms with Crippen LogP contribution in [0.4, 0.5) is 0 Å². The zero-order chi connectivity index (χ0) is 46.2. The van der Waals surface area contributed by atoms with Gasteiger partial charge in [-0.25, -0.2) is 4.57 Å². The molecule has 9 heteroatoms. The Morgan fingerprint density at radius 1 is 0.508 bits per heavy atom. The normalized spacial score (nSPS) is 14.1. The topological polar surface area (TPSA) is 91.3 Å². The summed E-state index contributed by atoms with van der Waals surface area (Å²) in [6, 6.07) is 0. The van der Waals surface area contributed by atoms with Crippen molar-refractivity contribution in [1.29, 1.82) is 0 Å². The Balaban J connectivity index is 4.08. The molecule has 2 atom stereocenters. The zero-order valence-electron chi connectivity index (χ0n) is 41.8. The first kappa shape index (κ1) is 61.2. The summed E-state index contributed by atoms with van der Waals surface area (Å²) in [5.74, 6) is -0.330. The number of allylic oxidation sites excluding steroid dienone is 10. The molecule has 0 aromatic rings. The molecule has 0 rings (SSSR count). The molecule has 0 heterocycles. The van der Waals surface area contributed by atoms with Crippen molar-refractivity contribution in [3.8, 4) is 0 Å². The van der Waals surface area contributed by atoms with Crippen LogP contribution in [0.1, 0.15) is 219 Å². The fraction of sp³-hybridized carbons (Fsp3) is 0.796. The third-order valence-electron chi connectivity index (χ3n) is 11.1. The summed E-state index contributed by atoms with van der Waals surface area (Å²) in [5.41, 5.74) is 0. The lowest BCUT2D eigenvalue weighted by molar-refractivity contribution is -0.870. The summed E-state index contributed by atoms with van der Waals surface area (Å²) in [6.07, 6.45) is 59.9. The van der Waals surface area contributed by atoms with Gasteiger partial charge in [-0.3, -0.25) is 13.8 Å². The van der Waals surface area contributed by atoms with Crippen LogP contribution >= 0.6 is 7.82 Å². The SMILES string of the molecule is CC/C=C\C/C=C\C/C=C\CCCCCCCC(=O)OC(COCCCCCCCCCCCCCCCC/C=C\C/C=C\CCCCCCC)COP(=O)(O)OCC[N+](C)(C)C. The first-order valence-electron chi connectivity index (χ1n) is 26.0. The maximum absolute atomic E-state index is 12.7. The van der Waals surface area contributed by atoms with Gasteiger partial charge in [0.2, 0.25) is 0 Å². The second-order valence-electron chi connectivity index (χ2n) is 18.5. The summed E-state index contributed by atoms with van der Waals surface area (Å²) in [4.78, 5) is 23.0. The molecule has 1 N–H and O–H groups in total. The molecule has 0 aliphatic heterocycles. The number of carbonyl (C=O) groups is 1. The van der Waals surface area contributed by atoms with Crippen LogP contribution in [0, 0.1) is 0 Å². The molecule has 368 valence electrons. The van der Waals surface area contributed by atoms with E-state index in [9.17, 15) is 14.3 Å². The van der Waals surface area contributed by atoms with Crippen molar-refractivity contribution in [3.63, 3.8) is 0 Å². The van der Waals surface area contributed by atoms with Gasteiger partial charge < -0.3 is 18.9 Å². The van der Waals surface area contributed by atoms with E-state index in [2.05, 4.69) is 74.6 Å². The van der Waals surface area contributed by atoms with Crippen molar-refractivity contribution in [2.45, 2.75) is 225 Å².